The molecule has 0 spiro atoms. The number of carbonyl (C=O) groups excluding carboxylic acids is 2. The van der Waals surface area contributed by atoms with E-state index >= 15 is 0 Å². The zero-order chi connectivity index (χ0) is 24.6. The Kier molecular flexibility index (Phi) is 8.88. The number of hydrogen-bond donors (Lipinski definition) is 1. The van der Waals surface area contributed by atoms with Gasteiger partial charge in [0.2, 0.25) is 5.91 Å². The minimum absolute atomic E-state index is 0.161. The number of ether oxygens (including phenoxy) is 1. The molecule has 178 valence electrons. The van der Waals surface area contributed by atoms with Gasteiger partial charge in [-0.2, -0.15) is 0 Å². The minimum atomic E-state index is -0.701. The molecule has 34 heavy (non-hydrogen) atoms. The number of nitrogens with one attached hydrogen (secondary N) is 1. The molecule has 0 radical (unpaired) electrons. The summed E-state index contributed by atoms with van der Waals surface area (Å²) in [6.45, 7) is 5.92. The van der Waals surface area contributed by atoms with Gasteiger partial charge in [-0.3, -0.25) is 9.59 Å². The van der Waals surface area contributed by atoms with Gasteiger partial charge >= 0.3 is 0 Å². The van der Waals surface area contributed by atoms with E-state index in [2.05, 4.69) is 21.2 Å². The van der Waals surface area contributed by atoms with Crippen molar-refractivity contribution in [1.29, 1.82) is 0 Å². The smallest absolute Gasteiger partial charge is 0.261 e. The van der Waals surface area contributed by atoms with Crippen LogP contribution < -0.4 is 10.1 Å². The third kappa shape index (κ3) is 8.03. The molecule has 0 aliphatic carbocycles. The Morgan fingerprint density at radius 2 is 1.53 bits per heavy atom. The lowest BCUT2D eigenvalue weighted by molar-refractivity contribution is -0.143. The molecule has 3 aromatic carbocycles. The van der Waals surface area contributed by atoms with E-state index in [0.29, 0.717) is 12.2 Å². The number of benzene rings is 3. The lowest BCUT2D eigenvalue weighted by Gasteiger charge is -2.33. The summed E-state index contributed by atoms with van der Waals surface area (Å²) in [4.78, 5) is 28.6. The van der Waals surface area contributed by atoms with Gasteiger partial charge in [-0.15, -0.1) is 0 Å². The van der Waals surface area contributed by atoms with E-state index in [0.717, 1.165) is 15.6 Å². The first-order valence-electron chi connectivity index (χ1n) is 11.3. The first kappa shape index (κ1) is 25.5. The van der Waals surface area contributed by atoms with Crippen molar-refractivity contribution < 1.29 is 14.3 Å². The Balaban J connectivity index is 1.92. The summed E-state index contributed by atoms with van der Waals surface area (Å²) in [7, 11) is 0. The van der Waals surface area contributed by atoms with Crippen molar-refractivity contribution in [2.24, 2.45) is 0 Å². The summed E-state index contributed by atoms with van der Waals surface area (Å²) in [5.74, 6) is 0.158. The van der Waals surface area contributed by atoms with E-state index in [1.807, 2.05) is 93.6 Å². The first-order valence-corrected chi connectivity index (χ1v) is 12.1. The molecular formula is C28H31BrN2O3. The van der Waals surface area contributed by atoms with Crippen LogP contribution in [0.4, 0.5) is 0 Å². The molecule has 1 unspecified atom stereocenters. The summed E-state index contributed by atoms with van der Waals surface area (Å²) in [5, 5.41) is 3.06. The standard InChI is InChI=1S/C28H31BrN2O3/c1-28(2,3)30-27(33)25(18-21-11-6-4-7-12-21)31(19-22-13-10-14-23(29)17-22)26(32)20-34-24-15-8-5-9-16-24/h4-17,25H,18-20H2,1-3H3,(H,30,33). The van der Waals surface area contributed by atoms with Gasteiger partial charge in [0.15, 0.2) is 6.61 Å². The SMILES string of the molecule is CC(C)(C)NC(=O)C(Cc1ccccc1)N(Cc1cccc(Br)c1)C(=O)COc1ccccc1. The van der Waals surface area contributed by atoms with Gasteiger partial charge < -0.3 is 15.0 Å². The van der Waals surface area contributed by atoms with Crippen molar-refractivity contribution >= 4 is 27.7 Å². The van der Waals surface area contributed by atoms with Crippen LogP contribution >= 0.6 is 15.9 Å². The molecule has 0 aliphatic heterocycles. The van der Waals surface area contributed by atoms with E-state index in [1.165, 1.54) is 0 Å². The second kappa shape index (κ2) is 11.8. The molecule has 2 amide bonds. The molecule has 0 heterocycles. The van der Waals surface area contributed by atoms with E-state index in [-0.39, 0.29) is 25.0 Å². The Morgan fingerprint density at radius 1 is 0.912 bits per heavy atom. The Morgan fingerprint density at radius 3 is 2.15 bits per heavy atom. The van der Waals surface area contributed by atoms with E-state index in [1.54, 1.807) is 17.0 Å². The van der Waals surface area contributed by atoms with Crippen molar-refractivity contribution in [3.63, 3.8) is 0 Å². The summed E-state index contributed by atoms with van der Waals surface area (Å²) in [6, 6.07) is 26.0. The fourth-order valence-electron chi connectivity index (χ4n) is 3.58. The molecule has 6 heteroatoms. The number of carbonyl (C=O) groups is 2. The summed E-state index contributed by atoms with van der Waals surface area (Å²) >= 11 is 3.50. The molecule has 5 nitrogen and oxygen atoms in total. The predicted molar refractivity (Wildman–Crippen MR) is 138 cm³/mol. The maximum atomic E-state index is 13.5. The first-order chi connectivity index (χ1) is 16.2. The fourth-order valence-corrected chi connectivity index (χ4v) is 4.03. The van der Waals surface area contributed by atoms with Crippen LogP contribution in [0.2, 0.25) is 0 Å². The predicted octanol–water partition coefficient (Wildman–Crippen LogP) is 5.38. The molecule has 3 aromatic rings. The van der Waals surface area contributed by atoms with Gasteiger partial charge in [0, 0.05) is 23.0 Å². The van der Waals surface area contributed by atoms with Gasteiger partial charge in [0.05, 0.1) is 0 Å². The van der Waals surface area contributed by atoms with Crippen LogP contribution in [0.15, 0.2) is 89.4 Å². The molecule has 1 atom stereocenters. The minimum Gasteiger partial charge on any atom is -0.484 e. The van der Waals surface area contributed by atoms with Crippen molar-refractivity contribution in [1.82, 2.24) is 10.2 Å². The highest BCUT2D eigenvalue weighted by Crippen LogP contribution is 2.19. The quantitative estimate of drug-likeness (QED) is 0.410. The lowest BCUT2D eigenvalue weighted by atomic mass is 10.0. The molecule has 0 saturated carbocycles. The van der Waals surface area contributed by atoms with Crippen molar-refractivity contribution in [3.8, 4) is 5.75 Å². The van der Waals surface area contributed by atoms with Gasteiger partial charge in [-0.05, 0) is 56.2 Å². The number of hydrogen-bond acceptors (Lipinski definition) is 3. The molecule has 0 fully saturated rings. The van der Waals surface area contributed by atoms with E-state index in [4.69, 9.17) is 4.74 Å². The van der Waals surface area contributed by atoms with Gasteiger partial charge in [0.1, 0.15) is 11.8 Å². The maximum absolute atomic E-state index is 13.5. The second-order valence-corrected chi connectivity index (χ2v) is 10.1. The number of amides is 2. The largest absolute Gasteiger partial charge is 0.484 e. The average molecular weight is 523 g/mol. The zero-order valence-electron chi connectivity index (χ0n) is 19.8. The van der Waals surface area contributed by atoms with Gasteiger partial charge in [0.25, 0.3) is 5.91 Å². The summed E-state index contributed by atoms with van der Waals surface area (Å²) in [6.07, 6.45) is 0.397. The van der Waals surface area contributed by atoms with Crippen molar-refractivity contribution in [3.05, 3.63) is 101 Å². The normalized spacial score (nSPS) is 12.0. The molecule has 0 bridgehead atoms. The van der Waals surface area contributed by atoms with Crippen LogP contribution in [-0.2, 0) is 22.6 Å². The number of nitrogens with zero attached hydrogens (tertiary/aromatic N) is 1. The van der Waals surface area contributed by atoms with Gasteiger partial charge in [-0.1, -0.05) is 76.6 Å². The molecule has 0 aromatic heterocycles. The molecule has 0 saturated heterocycles. The van der Waals surface area contributed by atoms with Crippen LogP contribution in [0.5, 0.6) is 5.75 Å². The Hall–Kier alpha value is -3.12. The number of halogens is 1. The topological polar surface area (TPSA) is 58.6 Å². The van der Waals surface area contributed by atoms with Crippen LogP contribution in [0.25, 0.3) is 0 Å². The molecule has 3 rings (SSSR count). The number of para-hydroxylation sites is 1. The fraction of sp³-hybridized carbons (Fsp3) is 0.286. The molecular weight excluding hydrogens is 492 g/mol. The average Bonchev–Trinajstić information content (AvgIpc) is 2.80. The molecule has 1 N–H and O–H groups in total. The van der Waals surface area contributed by atoms with Crippen molar-refractivity contribution in [2.45, 2.75) is 45.3 Å². The molecule has 0 aliphatic rings. The highest BCUT2D eigenvalue weighted by Gasteiger charge is 2.32. The van der Waals surface area contributed by atoms with E-state index < -0.39 is 11.6 Å². The monoisotopic (exact) mass is 522 g/mol. The third-order valence-corrected chi connectivity index (χ3v) is 5.61. The van der Waals surface area contributed by atoms with Gasteiger partial charge in [-0.25, -0.2) is 0 Å². The number of rotatable bonds is 9. The highest BCUT2D eigenvalue weighted by atomic mass is 79.9. The van der Waals surface area contributed by atoms with Crippen LogP contribution in [0.1, 0.15) is 31.9 Å². The van der Waals surface area contributed by atoms with Crippen LogP contribution in [0, 0.1) is 0 Å². The highest BCUT2D eigenvalue weighted by molar-refractivity contribution is 9.10. The van der Waals surface area contributed by atoms with Crippen molar-refractivity contribution in [2.75, 3.05) is 6.61 Å². The Bertz CT molecular complexity index is 1080. The summed E-state index contributed by atoms with van der Waals surface area (Å²) < 4.78 is 6.67. The van der Waals surface area contributed by atoms with E-state index in [9.17, 15) is 9.59 Å². The van der Waals surface area contributed by atoms with Crippen LogP contribution in [0.3, 0.4) is 0 Å². The summed E-state index contributed by atoms with van der Waals surface area (Å²) in [5.41, 5.74) is 1.47. The lowest BCUT2D eigenvalue weighted by Crippen LogP contribution is -2.55. The van der Waals surface area contributed by atoms with Crippen LogP contribution in [-0.4, -0.2) is 34.9 Å². The Labute approximate surface area is 210 Å². The zero-order valence-corrected chi connectivity index (χ0v) is 21.4. The second-order valence-electron chi connectivity index (χ2n) is 9.20. The maximum Gasteiger partial charge on any atom is 0.261 e. The third-order valence-electron chi connectivity index (χ3n) is 5.12.